The Kier molecular flexibility index (Phi) is 8.72. The van der Waals surface area contributed by atoms with E-state index in [1.807, 2.05) is 24.3 Å². The zero-order valence-corrected chi connectivity index (χ0v) is 20.7. The van der Waals surface area contributed by atoms with Gasteiger partial charge in [0.15, 0.2) is 0 Å². The molecule has 1 aromatic carbocycles. The molecule has 1 amide bonds. The summed E-state index contributed by atoms with van der Waals surface area (Å²) >= 11 is 0. The number of hydrazine groups is 1. The van der Waals surface area contributed by atoms with Crippen molar-refractivity contribution in [3.63, 3.8) is 0 Å². The molecule has 0 bridgehead atoms. The molecule has 1 aromatic rings. The van der Waals surface area contributed by atoms with Gasteiger partial charge in [-0.2, -0.15) is 0 Å². The Hall–Kier alpha value is -1.95. The SMILES string of the molecule is O=C1NNCC2NC(N3CCCCCC3)NC(Nc3ccc(OCCCN4CCNCC4)cc3)C12. The third-order valence-corrected chi connectivity index (χ3v) is 7.62. The Balaban J connectivity index is 1.16. The average molecular weight is 487 g/mol. The normalized spacial score (nSPS) is 30.7. The predicted molar refractivity (Wildman–Crippen MR) is 137 cm³/mol. The van der Waals surface area contributed by atoms with E-state index in [4.69, 9.17) is 4.74 Å². The number of fused-ring (bicyclic) bond motifs is 1. The highest BCUT2D eigenvalue weighted by molar-refractivity contribution is 5.81. The Labute approximate surface area is 208 Å². The first-order valence-electron chi connectivity index (χ1n) is 13.5. The van der Waals surface area contributed by atoms with Crippen molar-refractivity contribution < 1.29 is 9.53 Å². The molecule has 0 spiro atoms. The second-order valence-electron chi connectivity index (χ2n) is 10.1. The molecule has 194 valence electrons. The van der Waals surface area contributed by atoms with E-state index in [2.05, 4.69) is 41.9 Å². The summed E-state index contributed by atoms with van der Waals surface area (Å²) in [4.78, 5) is 17.7. The minimum atomic E-state index is -0.208. The number of carbonyl (C=O) groups is 1. The standard InChI is InChI=1S/C25H42N8O2/c34-24-22-21(18-27-31-24)29-25(33-13-3-1-2-4-14-33)30-23(22)28-19-6-8-20(9-7-19)35-17-5-12-32-15-10-26-11-16-32/h6-9,21-23,25-30H,1-5,10-18H2,(H,31,34). The van der Waals surface area contributed by atoms with Crippen LogP contribution in [0.2, 0.25) is 0 Å². The van der Waals surface area contributed by atoms with Gasteiger partial charge < -0.3 is 20.3 Å². The van der Waals surface area contributed by atoms with Crippen LogP contribution in [0.25, 0.3) is 0 Å². The summed E-state index contributed by atoms with van der Waals surface area (Å²) in [5, 5.41) is 14.4. The summed E-state index contributed by atoms with van der Waals surface area (Å²) in [6.45, 7) is 9.09. The molecule has 6 N–H and O–H groups in total. The molecule has 0 saturated carbocycles. The maximum absolute atomic E-state index is 12.7. The van der Waals surface area contributed by atoms with Gasteiger partial charge in [0.2, 0.25) is 5.91 Å². The molecule has 5 rings (SSSR count). The van der Waals surface area contributed by atoms with Crippen LogP contribution in [-0.4, -0.2) is 93.2 Å². The van der Waals surface area contributed by atoms with Crippen molar-refractivity contribution in [2.45, 2.75) is 50.6 Å². The van der Waals surface area contributed by atoms with E-state index in [0.717, 1.165) is 70.3 Å². The molecule has 4 fully saturated rings. The molecule has 4 saturated heterocycles. The van der Waals surface area contributed by atoms with Crippen LogP contribution in [0, 0.1) is 5.92 Å². The van der Waals surface area contributed by atoms with E-state index in [1.165, 1.54) is 25.7 Å². The fourth-order valence-electron chi connectivity index (χ4n) is 5.65. The molecule has 4 atom stereocenters. The van der Waals surface area contributed by atoms with Crippen molar-refractivity contribution in [1.82, 2.24) is 36.6 Å². The number of carbonyl (C=O) groups excluding carboxylic acids is 1. The quantitative estimate of drug-likeness (QED) is 0.285. The number of hydrogen-bond acceptors (Lipinski definition) is 9. The fourth-order valence-corrected chi connectivity index (χ4v) is 5.65. The number of ether oxygens (including phenoxy) is 1. The van der Waals surface area contributed by atoms with Crippen molar-refractivity contribution in [1.29, 1.82) is 0 Å². The van der Waals surface area contributed by atoms with Gasteiger partial charge in [0.25, 0.3) is 0 Å². The maximum atomic E-state index is 12.7. The topological polar surface area (TPSA) is 105 Å². The highest BCUT2D eigenvalue weighted by Crippen LogP contribution is 2.24. The van der Waals surface area contributed by atoms with Gasteiger partial charge in [-0.05, 0) is 43.5 Å². The predicted octanol–water partition coefficient (Wildman–Crippen LogP) is 0.0703. The lowest BCUT2D eigenvalue weighted by atomic mass is 9.91. The van der Waals surface area contributed by atoms with Crippen LogP contribution < -0.4 is 36.9 Å². The summed E-state index contributed by atoms with van der Waals surface area (Å²) in [5.41, 5.74) is 6.84. The monoisotopic (exact) mass is 486 g/mol. The van der Waals surface area contributed by atoms with Crippen LogP contribution in [-0.2, 0) is 4.79 Å². The Bertz CT molecular complexity index is 795. The molecule has 0 aliphatic carbocycles. The van der Waals surface area contributed by atoms with E-state index in [0.29, 0.717) is 6.54 Å². The third-order valence-electron chi connectivity index (χ3n) is 7.62. The number of rotatable bonds is 8. The van der Waals surface area contributed by atoms with Crippen LogP contribution in [0.4, 0.5) is 5.69 Å². The van der Waals surface area contributed by atoms with E-state index in [-0.39, 0.29) is 30.3 Å². The minimum Gasteiger partial charge on any atom is -0.494 e. The molecule has 4 unspecified atom stereocenters. The fraction of sp³-hybridized carbons (Fsp3) is 0.720. The molecule has 35 heavy (non-hydrogen) atoms. The number of amides is 1. The summed E-state index contributed by atoms with van der Waals surface area (Å²) < 4.78 is 5.98. The zero-order chi connectivity index (χ0) is 23.9. The van der Waals surface area contributed by atoms with Crippen LogP contribution in [0.3, 0.4) is 0 Å². The Morgan fingerprint density at radius 2 is 1.74 bits per heavy atom. The minimum absolute atomic E-state index is 0.0116. The lowest BCUT2D eigenvalue weighted by Gasteiger charge is -2.48. The summed E-state index contributed by atoms with van der Waals surface area (Å²) in [6, 6.07) is 8.18. The van der Waals surface area contributed by atoms with Crippen molar-refractivity contribution in [2.24, 2.45) is 5.92 Å². The Morgan fingerprint density at radius 3 is 2.51 bits per heavy atom. The van der Waals surface area contributed by atoms with Gasteiger partial charge in [0.1, 0.15) is 12.0 Å². The number of likely N-dealkylation sites (tertiary alicyclic amines) is 1. The number of nitrogens with zero attached hydrogens (tertiary/aromatic N) is 2. The molecule has 10 nitrogen and oxygen atoms in total. The first-order valence-corrected chi connectivity index (χ1v) is 13.5. The van der Waals surface area contributed by atoms with Crippen molar-refractivity contribution in [2.75, 3.05) is 64.3 Å². The third kappa shape index (κ3) is 6.63. The summed E-state index contributed by atoms with van der Waals surface area (Å²) in [7, 11) is 0. The van der Waals surface area contributed by atoms with E-state index >= 15 is 0 Å². The molecule has 4 heterocycles. The number of hydrogen-bond donors (Lipinski definition) is 6. The summed E-state index contributed by atoms with van der Waals surface area (Å²) in [5.74, 6) is 0.687. The second-order valence-corrected chi connectivity index (χ2v) is 10.1. The highest BCUT2D eigenvalue weighted by Gasteiger charge is 2.44. The lowest BCUT2D eigenvalue weighted by Crippen LogP contribution is -2.76. The van der Waals surface area contributed by atoms with Crippen LogP contribution in [0.1, 0.15) is 32.1 Å². The average Bonchev–Trinajstić information content (AvgIpc) is 3.18. The Morgan fingerprint density at radius 1 is 0.971 bits per heavy atom. The first kappa shape index (κ1) is 24.7. The van der Waals surface area contributed by atoms with Crippen molar-refractivity contribution >= 4 is 11.6 Å². The smallest absolute Gasteiger partial charge is 0.242 e. The van der Waals surface area contributed by atoms with Gasteiger partial charge in [0.05, 0.1) is 18.7 Å². The van der Waals surface area contributed by atoms with Gasteiger partial charge >= 0.3 is 0 Å². The number of piperazine rings is 1. The summed E-state index contributed by atoms with van der Waals surface area (Å²) in [6.07, 6.45) is 5.96. The molecule has 4 aliphatic heterocycles. The van der Waals surface area contributed by atoms with Crippen LogP contribution in [0.5, 0.6) is 5.75 Å². The van der Waals surface area contributed by atoms with E-state index in [9.17, 15) is 4.79 Å². The molecule has 0 radical (unpaired) electrons. The van der Waals surface area contributed by atoms with Crippen molar-refractivity contribution in [3.05, 3.63) is 24.3 Å². The number of anilines is 1. The molecular weight excluding hydrogens is 444 g/mol. The molecular formula is C25H42N8O2. The molecule has 4 aliphatic rings. The number of benzene rings is 1. The molecule has 10 heteroatoms. The van der Waals surface area contributed by atoms with Gasteiger partial charge in [-0.25, -0.2) is 5.43 Å². The van der Waals surface area contributed by atoms with Gasteiger partial charge in [0, 0.05) is 64.1 Å². The van der Waals surface area contributed by atoms with Crippen LogP contribution >= 0.6 is 0 Å². The van der Waals surface area contributed by atoms with E-state index < -0.39 is 0 Å². The van der Waals surface area contributed by atoms with Gasteiger partial charge in [-0.3, -0.25) is 25.8 Å². The van der Waals surface area contributed by atoms with Crippen LogP contribution in [0.15, 0.2) is 24.3 Å². The first-order chi connectivity index (χ1) is 17.3. The van der Waals surface area contributed by atoms with E-state index in [1.54, 1.807) is 0 Å². The molecule has 0 aromatic heterocycles. The largest absolute Gasteiger partial charge is 0.494 e. The van der Waals surface area contributed by atoms with Crippen molar-refractivity contribution in [3.8, 4) is 5.75 Å². The maximum Gasteiger partial charge on any atom is 0.242 e. The van der Waals surface area contributed by atoms with Gasteiger partial charge in [-0.1, -0.05) is 12.8 Å². The second kappa shape index (κ2) is 12.3. The number of nitrogens with one attached hydrogen (secondary N) is 6. The zero-order valence-electron chi connectivity index (χ0n) is 20.7. The van der Waals surface area contributed by atoms with Gasteiger partial charge in [-0.15, -0.1) is 0 Å². The lowest BCUT2D eigenvalue weighted by molar-refractivity contribution is -0.132. The highest BCUT2D eigenvalue weighted by atomic mass is 16.5.